The van der Waals surface area contributed by atoms with Crippen LogP contribution in [0.5, 0.6) is 5.75 Å². The maximum atomic E-state index is 12.3. The van der Waals surface area contributed by atoms with E-state index in [0.29, 0.717) is 30.9 Å². The van der Waals surface area contributed by atoms with Crippen molar-refractivity contribution < 1.29 is 24.2 Å². The molecule has 6 heteroatoms. The molecule has 3 rings (SSSR count). The van der Waals surface area contributed by atoms with Crippen LogP contribution in [-0.2, 0) is 11.2 Å². The molecule has 0 saturated carbocycles. The smallest absolute Gasteiger partial charge is 0.335 e. The van der Waals surface area contributed by atoms with Gasteiger partial charge in [0, 0.05) is 18.7 Å². The molecular weight excluding hydrogens is 346 g/mol. The Kier molecular flexibility index (Phi) is 6.44. The number of hydrogen-bond donors (Lipinski definition) is 2. The molecule has 1 amide bonds. The van der Waals surface area contributed by atoms with Gasteiger partial charge >= 0.3 is 5.97 Å². The number of benzene rings is 2. The molecule has 6 nitrogen and oxygen atoms in total. The van der Waals surface area contributed by atoms with Gasteiger partial charge < -0.3 is 19.9 Å². The van der Waals surface area contributed by atoms with Crippen molar-refractivity contribution >= 4 is 11.9 Å². The molecule has 1 heterocycles. The van der Waals surface area contributed by atoms with Gasteiger partial charge in [0.1, 0.15) is 12.4 Å². The number of aromatic carboxylic acids is 1. The molecule has 1 aliphatic rings. The minimum absolute atomic E-state index is 0.134. The van der Waals surface area contributed by atoms with Gasteiger partial charge in [0.05, 0.1) is 11.7 Å². The van der Waals surface area contributed by atoms with Crippen LogP contribution < -0.4 is 10.1 Å². The number of amides is 1. The SMILES string of the molecule is O=C(O)c1ccc(CCNC(=O)c2cccc(OCC3CCCO3)c2)cc1. The molecule has 142 valence electrons. The van der Waals surface area contributed by atoms with E-state index in [0.717, 1.165) is 25.0 Å². The Labute approximate surface area is 158 Å². The first-order valence-electron chi connectivity index (χ1n) is 9.07. The number of nitrogens with one attached hydrogen (secondary N) is 1. The minimum Gasteiger partial charge on any atom is -0.491 e. The fourth-order valence-corrected chi connectivity index (χ4v) is 2.93. The second-order valence-electron chi connectivity index (χ2n) is 6.48. The summed E-state index contributed by atoms with van der Waals surface area (Å²) in [6.45, 7) is 1.75. The summed E-state index contributed by atoms with van der Waals surface area (Å²) in [5.41, 5.74) is 1.76. The lowest BCUT2D eigenvalue weighted by Gasteiger charge is -2.12. The monoisotopic (exact) mass is 369 g/mol. The highest BCUT2D eigenvalue weighted by molar-refractivity contribution is 5.94. The predicted molar refractivity (Wildman–Crippen MR) is 100 cm³/mol. The zero-order valence-electron chi connectivity index (χ0n) is 15.0. The van der Waals surface area contributed by atoms with Crippen LogP contribution in [0.1, 0.15) is 39.1 Å². The molecule has 0 spiro atoms. The number of rotatable bonds is 8. The van der Waals surface area contributed by atoms with Crippen molar-refractivity contribution in [2.24, 2.45) is 0 Å². The van der Waals surface area contributed by atoms with Crippen molar-refractivity contribution in [2.75, 3.05) is 19.8 Å². The topological polar surface area (TPSA) is 84.9 Å². The average Bonchev–Trinajstić information content (AvgIpc) is 3.20. The van der Waals surface area contributed by atoms with Gasteiger partial charge in [-0.05, 0) is 55.2 Å². The zero-order valence-corrected chi connectivity index (χ0v) is 15.0. The lowest BCUT2D eigenvalue weighted by Crippen LogP contribution is -2.25. The van der Waals surface area contributed by atoms with Crippen LogP contribution in [-0.4, -0.2) is 42.8 Å². The molecule has 2 N–H and O–H groups in total. The molecule has 1 saturated heterocycles. The first-order valence-corrected chi connectivity index (χ1v) is 9.07. The molecule has 0 aromatic heterocycles. The van der Waals surface area contributed by atoms with E-state index in [1.54, 1.807) is 42.5 Å². The van der Waals surface area contributed by atoms with Crippen molar-refractivity contribution in [1.29, 1.82) is 0 Å². The van der Waals surface area contributed by atoms with Crippen LogP contribution in [0.2, 0.25) is 0 Å². The van der Waals surface area contributed by atoms with E-state index in [2.05, 4.69) is 5.32 Å². The van der Waals surface area contributed by atoms with Crippen molar-refractivity contribution in [3.05, 3.63) is 65.2 Å². The van der Waals surface area contributed by atoms with E-state index >= 15 is 0 Å². The Morgan fingerprint density at radius 3 is 2.67 bits per heavy atom. The summed E-state index contributed by atoms with van der Waals surface area (Å²) in [6.07, 6.45) is 2.83. The second-order valence-corrected chi connectivity index (χ2v) is 6.48. The van der Waals surface area contributed by atoms with Crippen molar-refractivity contribution in [2.45, 2.75) is 25.4 Å². The van der Waals surface area contributed by atoms with E-state index in [1.807, 2.05) is 6.07 Å². The van der Waals surface area contributed by atoms with Crippen molar-refractivity contribution in [3.63, 3.8) is 0 Å². The zero-order chi connectivity index (χ0) is 19.1. The van der Waals surface area contributed by atoms with Crippen LogP contribution in [0.25, 0.3) is 0 Å². The van der Waals surface area contributed by atoms with Crippen molar-refractivity contribution in [1.82, 2.24) is 5.32 Å². The van der Waals surface area contributed by atoms with E-state index < -0.39 is 5.97 Å². The molecule has 27 heavy (non-hydrogen) atoms. The largest absolute Gasteiger partial charge is 0.491 e. The highest BCUT2D eigenvalue weighted by atomic mass is 16.5. The lowest BCUT2D eigenvalue weighted by molar-refractivity contribution is 0.0679. The molecule has 0 aliphatic carbocycles. The quantitative estimate of drug-likeness (QED) is 0.747. The third kappa shape index (κ3) is 5.56. The minimum atomic E-state index is -0.948. The summed E-state index contributed by atoms with van der Waals surface area (Å²) in [6, 6.07) is 13.7. The molecule has 2 aromatic rings. The van der Waals surface area contributed by atoms with Gasteiger partial charge in [-0.15, -0.1) is 0 Å². The van der Waals surface area contributed by atoms with Gasteiger partial charge in [0.25, 0.3) is 5.91 Å². The fourth-order valence-electron chi connectivity index (χ4n) is 2.93. The Bertz CT molecular complexity index is 781. The molecular formula is C21H23NO5. The standard InChI is InChI=1S/C21H23NO5/c23-20(22-11-10-15-6-8-16(9-7-15)21(24)25)17-3-1-4-18(13-17)27-14-19-5-2-12-26-19/h1,3-4,6-9,13,19H,2,5,10-12,14H2,(H,22,23)(H,24,25). The van der Waals surface area contributed by atoms with Gasteiger partial charge in [-0.3, -0.25) is 4.79 Å². The number of ether oxygens (including phenoxy) is 2. The van der Waals surface area contributed by atoms with Crippen LogP contribution in [0, 0.1) is 0 Å². The summed E-state index contributed by atoms with van der Waals surface area (Å²) in [5, 5.41) is 11.8. The number of hydrogen-bond acceptors (Lipinski definition) is 4. The van der Waals surface area contributed by atoms with Crippen molar-refractivity contribution in [3.8, 4) is 5.75 Å². The summed E-state index contributed by atoms with van der Waals surface area (Å²) in [5.74, 6) is -0.460. The maximum absolute atomic E-state index is 12.3. The third-order valence-electron chi connectivity index (χ3n) is 4.46. The van der Waals surface area contributed by atoms with Crippen LogP contribution >= 0.6 is 0 Å². The van der Waals surface area contributed by atoms with E-state index in [9.17, 15) is 9.59 Å². The fraction of sp³-hybridized carbons (Fsp3) is 0.333. The van der Waals surface area contributed by atoms with Gasteiger partial charge in [0.15, 0.2) is 0 Å². The van der Waals surface area contributed by atoms with E-state index in [1.165, 1.54) is 0 Å². The summed E-state index contributed by atoms with van der Waals surface area (Å²) < 4.78 is 11.3. The molecule has 1 atom stereocenters. The normalized spacial score (nSPS) is 16.1. The van der Waals surface area contributed by atoms with Crippen LogP contribution in [0.3, 0.4) is 0 Å². The average molecular weight is 369 g/mol. The Morgan fingerprint density at radius 2 is 1.96 bits per heavy atom. The number of carboxylic acid groups (broad SMARTS) is 1. The molecule has 0 bridgehead atoms. The second kappa shape index (κ2) is 9.19. The lowest BCUT2D eigenvalue weighted by atomic mass is 10.1. The van der Waals surface area contributed by atoms with Gasteiger partial charge in [0.2, 0.25) is 0 Å². The highest BCUT2D eigenvalue weighted by Gasteiger charge is 2.16. The molecule has 2 aromatic carbocycles. The number of carbonyl (C=O) groups is 2. The van der Waals surface area contributed by atoms with Crippen LogP contribution in [0.15, 0.2) is 48.5 Å². The van der Waals surface area contributed by atoms with E-state index in [-0.39, 0.29) is 17.6 Å². The summed E-state index contributed by atoms with van der Waals surface area (Å²) in [4.78, 5) is 23.2. The first kappa shape index (κ1) is 18.9. The van der Waals surface area contributed by atoms with Crippen LogP contribution in [0.4, 0.5) is 0 Å². The van der Waals surface area contributed by atoms with Gasteiger partial charge in [-0.2, -0.15) is 0 Å². The predicted octanol–water partition coefficient (Wildman–Crippen LogP) is 2.92. The molecule has 1 unspecified atom stereocenters. The Balaban J connectivity index is 1.47. The molecule has 1 fully saturated rings. The van der Waals surface area contributed by atoms with E-state index in [4.69, 9.17) is 14.6 Å². The van der Waals surface area contributed by atoms with Gasteiger partial charge in [-0.25, -0.2) is 4.79 Å². The number of carbonyl (C=O) groups excluding carboxylic acids is 1. The highest BCUT2D eigenvalue weighted by Crippen LogP contribution is 2.17. The first-order chi connectivity index (χ1) is 13.1. The summed E-state index contributed by atoms with van der Waals surface area (Å²) in [7, 11) is 0. The molecule has 1 aliphatic heterocycles. The van der Waals surface area contributed by atoms with Gasteiger partial charge in [-0.1, -0.05) is 18.2 Å². The Hall–Kier alpha value is -2.86. The summed E-state index contributed by atoms with van der Waals surface area (Å²) >= 11 is 0. The number of carboxylic acids is 1. The third-order valence-corrected chi connectivity index (χ3v) is 4.46. The Morgan fingerprint density at radius 1 is 1.15 bits per heavy atom. The molecule has 0 radical (unpaired) electrons. The maximum Gasteiger partial charge on any atom is 0.335 e.